The van der Waals surface area contributed by atoms with Crippen molar-refractivity contribution < 1.29 is 4.79 Å². The molecule has 4 rings (SSSR count). The van der Waals surface area contributed by atoms with E-state index in [2.05, 4.69) is 31.6 Å². The fraction of sp³-hybridized carbons (Fsp3) is 0.217. The first-order valence-electron chi connectivity index (χ1n) is 9.97. The average Bonchev–Trinajstić information content (AvgIpc) is 2.81. The van der Waals surface area contributed by atoms with Crippen LogP contribution in [0, 0.1) is 11.3 Å². The summed E-state index contributed by atoms with van der Waals surface area (Å²) in [6, 6.07) is 17.0. The minimum atomic E-state index is -0.259. The van der Waals surface area contributed by atoms with Crippen molar-refractivity contribution in [2.75, 3.05) is 28.6 Å². The van der Waals surface area contributed by atoms with Crippen LogP contribution in [0.25, 0.3) is 0 Å². The van der Waals surface area contributed by atoms with E-state index >= 15 is 0 Å². The van der Waals surface area contributed by atoms with Gasteiger partial charge in [0.05, 0.1) is 17.2 Å². The zero-order chi connectivity index (χ0) is 20.8. The average molecular weight is 398 g/mol. The fourth-order valence-corrected chi connectivity index (χ4v) is 3.38. The predicted octanol–water partition coefficient (Wildman–Crippen LogP) is 4.33. The van der Waals surface area contributed by atoms with Gasteiger partial charge in [-0.2, -0.15) is 5.26 Å². The summed E-state index contributed by atoms with van der Waals surface area (Å²) in [5.74, 6) is 0.118. The minimum absolute atomic E-state index is 0.259. The first-order valence-corrected chi connectivity index (χ1v) is 9.97. The molecule has 1 aliphatic heterocycles. The summed E-state index contributed by atoms with van der Waals surface area (Å²) in [5.41, 5.74) is 3.65. The summed E-state index contributed by atoms with van der Waals surface area (Å²) >= 11 is 0. The van der Waals surface area contributed by atoms with E-state index < -0.39 is 0 Å². The standard InChI is InChI=1S/C23H22N6O/c24-14-17-4-6-20(7-5-17)28-23-25-15-18(16-26-23)22(30)27-19-8-10-21(11-9-19)29-12-2-1-3-13-29/h4-11,15-16H,1-3,12-13H2,(H,27,30)(H,25,26,28). The lowest BCUT2D eigenvalue weighted by molar-refractivity contribution is 0.102. The fourth-order valence-electron chi connectivity index (χ4n) is 3.38. The summed E-state index contributed by atoms with van der Waals surface area (Å²) in [4.78, 5) is 23.3. The van der Waals surface area contributed by atoms with E-state index in [9.17, 15) is 4.79 Å². The molecule has 0 aliphatic carbocycles. The molecule has 1 saturated heterocycles. The van der Waals surface area contributed by atoms with Crippen molar-refractivity contribution in [1.29, 1.82) is 5.26 Å². The number of piperidine rings is 1. The van der Waals surface area contributed by atoms with E-state index in [1.165, 1.54) is 37.3 Å². The number of benzene rings is 2. The van der Waals surface area contributed by atoms with Gasteiger partial charge in [-0.3, -0.25) is 4.79 Å². The number of nitrogens with zero attached hydrogens (tertiary/aromatic N) is 4. The Morgan fingerprint density at radius 3 is 2.17 bits per heavy atom. The van der Waals surface area contributed by atoms with Gasteiger partial charge in [0, 0.05) is 42.5 Å². The van der Waals surface area contributed by atoms with Crippen LogP contribution in [0.1, 0.15) is 35.2 Å². The molecular formula is C23H22N6O. The van der Waals surface area contributed by atoms with Gasteiger partial charge in [-0.05, 0) is 67.8 Å². The van der Waals surface area contributed by atoms with Crippen molar-refractivity contribution in [2.24, 2.45) is 0 Å². The molecule has 0 saturated carbocycles. The van der Waals surface area contributed by atoms with Gasteiger partial charge in [0.1, 0.15) is 0 Å². The highest BCUT2D eigenvalue weighted by atomic mass is 16.1. The van der Waals surface area contributed by atoms with Gasteiger partial charge in [0.2, 0.25) is 5.95 Å². The predicted molar refractivity (Wildman–Crippen MR) is 117 cm³/mol. The quantitative estimate of drug-likeness (QED) is 0.664. The number of rotatable bonds is 5. The van der Waals surface area contributed by atoms with Crippen LogP contribution < -0.4 is 15.5 Å². The van der Waals surface area contributed by atoms with Crippen LogP contribution in [0.5, 0.6) is 0 Å². The highest BCUT2D eigenvalue weighted by Gasteiger charge is 2.12. The van der Waals surface area contributed by atoms with Crippen molar-refractivity contribution in [3.8, 4) is 6.07 Å². The number of carbonyl (C=O) groups is 1. The molecule has 2 N–H and O–H groups in total. The second kappa shape index (κ2) is 9.05. The molecule has 2 aromatic carbocycles. The van der Waals surface area contributed by atoms with Crippen LogP contribution in [0.15, 0.2) is 60.9 Å². The molecule has 3 aromatic rings. The van der Waals surface area contributed by atoms with E-state index in [1.807, 2.05) is 24.3 Å². The minimum Gasteiger partial charge on any atom is -0.372 e. The third-order valence-corrected chi connectivity index (χ3v) is 5.03. The molecule has 1 aromatic heterocycles. The second-order valence-electron chi connectivity index (χ2n) is 7.16. The SMILES string of the molecule is N#Cc1ccc(Nc2ncc(C(=O)Nc3ccc(N4CCCCC4)cc3)cn2)cc1. The van der Waals surface area contributed by atoms with Crippen LogP contribution in [0.4, 0.5) is 23.0 Å². The zero-order valence-electron chi connectivity index (χ0n) is 16.5. The Morgan fingerprint density at radius 2 is 1.53 bits per heavy atom. The van der Waals surface area contributed by atoms with Crippen LogP contribution in [-0.2, 0) is 0 Å². The molecule has 1 fully saturated rings. The smallest absolute Gasteiger partial charge is 0.258 e. The number of amides is 1. The Balaban J connectivity index is 1.35. The number of hydrogen-bond donors (Lipinski definition) is 2. The summed E-state index contributed by atoms with van der Waals surface area (Å²) in [7, 11) is 0. The lowest BCUT2D eigenvalue weighted by Crippen LogP contribution is -2.29. The summed E-state index contributed by atoms with van der Waals surface area (Å²) in [6.45, 7) is 2.18. The third-order valence-electron chi connectivity index (χ3n) is 5.03. The van der Waals surface area contributed by atoms with Crippen molar-refractivity contribution >= 4 is 28.9 Å². The van der Waals surface area contributed by atoms with Crippen molar-refractivity contribution in [1.82, 2.24) is 9.97 Å². The summed E-state index contributed by atoms with van der Waals surface area (Å²) < 4.78 is 0. The third kappa shape index (κ3) is 4.73. The number of carbonyl (C=O) groups excluding carboxylic acids is 1. The largest absolute Gasteiger partial charge is 0.372 e. The Morgan fingerprint density at radius 1 is 0.900 bits per heavy atom. The molecule has 1 amide bonds. The van der Waals surface area contributed by atoms with Gasteiger partial charge in [-0.15, -0.1) is 0 Å². The van der Waals surface area contributed by atoms with Gasteiger partial charge < -0.3 is 15.5 Å². The maximum Gasteiger partial charge on any atom is 0.258 e. The Kier molecular flexibility index (Phi) is 5.85. The first kappa shape index (κ1) is 19.4. The molecule has 30 heavy (non-hydrogen) atoms. The molecule has 150 valence electrons. The van der Waals surface area contributed by atoms with Crippen molar-refractivity contribution in [3.05, 3.63) is 72.1 Å². The van der Waals surface area contributed by atoms with Crippen LogP contribution >= 0.6 is 0 Å². The molecule has 7 heteroatoms. The molecule has 0 spiro atoms. The highest BCUT2D eigenvalue weighted by Crippen LogP contribution is 2.22. The molecule has 0 radical (unpaired) electrons. The molecule has 0 atom stereocenters. The molecule has 7 nitrogen and oxygen atoms in total. The second-order valence-corrected chi connectivity index (χ2v) is 7.16. The molecule has 0 bridgehead atoms. The van der Waals surface area contributed by atoms with E-state index in [0.717, 1.165) is 24.5 Å². The van der Waals surface area contributed by atoms with Crippen molar-refractivity contribution in [3.63, 3.8) is 0 Å². The van der Waals surface area contributed by atoms with Gasteiger partial charge in [0.25, 0.3) is 5.91 Å². The van der Waals surface area contributed by atoms with Crippen LogP contribution in [0.2, 0.25) is 0 Å². The number of hydrogen-bond acceptors (Lipinski definition) is 6. The Bertz CT molecular complexity index is 1030. The molecule has 0 unspecified atom stereocenters. The Labute approximate surface area is 175 Å². The van der Waals surface area contributed by atoms with Gasteiger partial charge >= 0.3 is 0 Å². The van der Waals surface area contributed by atoms with E-state index in [1.54, 1.807) is 24.3 Å². The van der Waals surface area contributed by atoms with Gasteiger partial charge in [-0.1, -0.05) is 0 Å². The summed E-state index contributed by atoms with van der Waals surface area (Å²) in [6.07, 6.45) is 6.73. The lowest BCUT2D eigenvalue weighted by Gasteiger charge is -2.28. The maximum atomic E-state index is 12.5. The zero-order valence-corrected chi connectivity index (χ0v) is 16.5. The van der Waals surface area contributed by atoms with Gasteiger partial charge in [0.15, 0.2) is 0 Å². The maximum absolute atomic E-state index is 12.5. The number of nitrogens with one attached hydrogen (secondary N) is 2. The normalized spacial score (nSPS) is 13.4. The summed E-state index contributed by atoms with van der Waals surface area (Å²) in [5, 5.41) is 14.8. The first-order chi connectivity index (χ1) is 14.7. The van der Waals surface area contributed by atoms with Crippen LogP contribution in [0.3, 0.4) is 0 Å². The van der Waals surface area contributed by atoms with E-state index in [0.29, 0.717) is 17.1 Å². The van der Waals surface area contributed by atoms with E-state index in [-0.39, 0.29) is 5.91 Å². The molecule has 2 heterocycles. The van der Waals surface area contributed by atoms with Gasteiger partial charge in [-0.25, -0.2) is 9.97 Å². The van der Waals surface area contributed by atoms with Crippen molar-refractivity contribution in [2.45, 2.75) is 19.3 Å². The number of aromatic nitrogens is 2. The molecule has 1 aliphatic rings. The number of nitriles is 1. The van der Waals surface area contributed by atoms with Crippen LogP contribution in [-0.4, -0.2) is 29.0 Å². The lowest BCUT2D eigenvalue weighted by atomic mass is 10.1. The monoisotopic (exact) mass is 398 g/mol. The highest BCUT2D eigenvalue weighted by molar-refractivity contribution is 6.04. The Hall–Kier alpha value is -3.92. The van der Waals surface area contributed by atoms with E-state index in [4.69, 9.17) is 5.26 Å². The number of anilines is 4. The molecular weight excluding hydrogens is 376 g/mol. The topological polar surface area (TPSA) is 93.9 Å².